The molecule has 0 saturated heterocycles. The van der Waals surface area contributed by atoms with Gasteiger partial charge in [-0.05, 0) is 25.1 Å². The van der Waals surface area contributed by atoms with Gasteiger partial charge >= 0.3 is 0 Å². The maximum atomic E-state index is 12.8. The number of hydrogen-bond donors (Lipinski definition) is 1. The zero-order valence-electron chi connectivity index (χ0n) is 9.65. The number of nitrogens with zero attached hydrogens (tertiary/aromatic N) is 2. The first-order valence-corrected chi connectivity index (χ1v) is 5.60. The predicted molar refractivity (Wildman–Crippen MR) is 66.9 cm³/mol. The normalized spacial score (nSPS) is 10.4. The number of aryl methyl sites for hydroxylation is 1. The van der Waals surface area contributed by atoms with Crippen molar-refractivity contribution in [1.82, 2.24) is 9.97 Å². The Balaban J connectivity index is 2.11. The number of rotatable bonds is 3. The van der Waals surface area contributed by atoms with Crippen molar-refractivity contribution >= 4 is 17.4 Å². The van der Waals surface area contributed by atoms with Crippen LogP contribution in [0.2, 0.25) is 5.02 Å². The largest absolute Gasteiger partial charge is 0.484 e. The molecule has 2 rings (SSSR count). The van der Waals surface area contributed by atoms with Crippen molar-refractivity contribution in [1.29, 1.82) is 0 Å². The molecule has 0 atom stereocenters. The third kappa shape index (κ3) is 3.07. The van der Waals surface area contributed by atoms with Gasteiger partial charge in [-0.25, -0.2) is 14.4 Å². The van der Waals surface area contributed by atoms with E-state index in [1.54, 1.807) is 6.07 Å². The highest BCUT2D eigenvalue weighted by Crippen LogP contribution is 2.25. The van der Waals surface area contributed by atoms with Gasteiger partial charge in [0.05, 0.1) is 5.02 Å². The summed E-state index contributed by atoms with van der Waals surface area (Å²) in [5, 5.41) is 0.204. The number of anilines is 1. The van der Waals surface area contributed by atoms with Crippen LogP contribution in [0, 0.1) is 12.7 Å². The molecule has 0 amide bonds. The fourth-order valence-electron chi connectivity index (χ4n) is 1.46. The Labute approximate surface area is 109 Å². The maximum Gasteiger partial charge on any atom is 0.168 e. The van der Waals surface area contributed by atoms with Gasteiger partial charge in [-0.3, -0.25) is 0 Å². The minimum Gasteiger partial charge on any atom is -0.484 e. The molecule has 0 unspecified atom stereocenters. The number of halogens is 2. The molecular weight excluding hydrogens is 257 g/mol. The molecule has 0 aliphatic heterocycles. The van der Waals surface area contributed by atoms with Crippen molar-refractivity contribution in [3.63, 3.8) is 0 Å². The van der Waals surface area contributed by atoms with Gasteiger partial charge < -0.3 is 10.5 Å². The van der Waals surface area contributed by atoms with E-state index in [1.807, 2.05) is 6.92 Å². The summed E-state index contributed by atoms with van der Waals surface area (Å²) in [7, 11) is 0. The Kier molecular flexibility index (Phi) is 3.62. The van der Waals surface area contributed by atoms with E-state index in [1.165, 1.54) is 18.2 Å². The molecule has 18 heavy (non-hydrogen) atoms. The number of aromatic nitrogens is 2. The van der Waals surface area contributed by atoms with E-state index < -0.39 is 5.82 Å². The molecule has 1 aromatic carbocycles. The van der Waals surface area contributed by atoms with Crippen LogP contribution in [0.1, 0.15) is 11.5 Å². The van der Waals surface area contributed by atoms with E-state index in [0.717, 1.165) is 5.69 Å². The lowest BCUT2D eigenvalue weighted by Crippen LogP contribution is -2.05. The van der Waals surface area contributed by atoms with Crippen molar-refractivity contribution in [3.05, 3.63) is 46.6 Å². The zero-order valence-corrected chi connectivity index (χ0v) is 10.4. The van der Waals surface area contributed by atoms with Gasteiger partial charge in [0, 0.05) is 11.8 Å². The van der Waals surface area contributed by atoms with E-state index in [2.05, 4.69) is 9.97 Å². The summed E-state index contributed by atoms with van der Waals surface area (Å²) in [6.45, 7) is 1.93. The van der Waals surface area contributed by atoms with Crippen LogP contribution in [0.3, 0.4) is 0 Å². The highest BCUT2D eigenvalue weighted by Gasteiger charge is 2.05. The van der Waals surface area contributed by atoms with Crippen LogP contribution < -0.4 is 10.5 Å². The SMILES string of the molecule is Cc1cc(N)nc(COc2ccc(F)cc2Cl)n1. The van der Waals surface area contributed by atoms with Gasteiger partial charge in [-0.15, -0.1) is 0 Å². The van der Waals surface area contributed by atoms with Gasteiger partial charge in [-0.1, -0.05) is 11.6 Å². The fraction of sp³-hybridized carbons (Fsp3) is 0.167. The number of benzene rings is 1. The Morgan fingerprint density at radius 1 is 1.33 bits per heavy atom. The molecule has 1 aromatic heterocycles. The molecule has 0 saturated carbocycles. The lowest BCUT2D eigenvalue weighted by molar-refractivity contribution is 0.295. The first kappa shape index (κ1) is 12.6. The number of nitrogens with two attached hydrogens (primary N) is 1. The van der Waals surface area contributed by atoms with Crippen molar-refractivity contribution in [2.24, 2.45) is 0 Å². The summed E-state index contributed by atoms with van der Waals surface area (Å²) >= 11 is 5.83. The second-order valence-electron chi connectivity index (χ2n) is 3.71. The summed E-state index contributed by atoms with van der Waals surface area (Å²) in [4.78, 5) is 8.18. The summed E-state index contributed by atoms with van der Waals surface area (Å²) < 4.78 is 18.2. The average Bonchev–Trinajstić information content (AvgIpc) is 2.26. The monoisotopic (exact) mass is 267 g/mol. The van der Waals surface area contributed by atoms with Crippen LogP contribution >= 0.6 is 11.6 Å². The smallest absolute Gasteiger partial charge is 0.168 e. The standard InChI is InChI=1S/C12H11ClFN3O/c1-7-4-11(15)17-12(16-7)6-18-10-3-2-8(14)5-9(10)13/h2-5H,6H2,1H3,(H2,15,16,17). The first-order valence-electron chi connectivity index (χ1n) is 5.22. The van der Waals surface area contributed by atoms with Crippen molar-refractivity contribution in [2.75, 3.05) is 5.73 Å². The van der Waals surface area contributed by atoms with Gasteiger partial charge in [0.25, 0.3) is 0 Å². The molecule has 0 spiro atoms. The molecule has 0 bridgehead atoms. The van der Waals surface area contributed by atoms with E-state index in [4.69, 9.17) is 22.1 Å². The first-order chi connectivity index (χ1) is 8.54. The molecule has 0 aliphatic rings. The maximum absolute atomic E-state index is 12.8. The Hall–Kier alpha value is -1.88. The summed E-state index contributed by atoms with van der Waals surface area (Å²) in [5.41, 5.74) is 6.35. The van der Waals surface area contributed by atoms with Gasteiger partial charge in [-0.2, -0.15) is 0 Å². The van der Waals surface area contributed by atoms with E-state index >= 15 is 0 Å². The third-order valence-electron chi connectivity index (χ3n) is 2.17. The third-order valence-corrected chi connectivity index (χ3v) is 2.47. The predicted octanol–water partition coefficient (Wildman–Crippen LogP) is 2.74. The van der Waals surface area contributed by atoms with Crippen molar-refractivity contribution in [2.45, 2.75) is 13.5 Å². The molecule has 0 aliphatic carbocycles. The molecule has 0 fully saturated rings. The van der Waals surface area contributed by atoms with Gasteiger partial charge in [0.1, 0.15) is 24.0 Å². The zero-order chi connectivity index (χ0) is 13.1. The average molecular weight is 268 g/mol. The van der Waals surface area contributed by atoms with Crippen LogP contribution in [0.15, 0.2) is 24.3 Å². The fourth-order valence-corrected chi connectivity index (χ4v) is 1.68. The molecule has 2 N–H and O–H groups in total. The highest BCUT2D eigenvalue weighted by molar-refractivity contribution is 6.32. The number of ether oxygens (including phenoxy) is 1. The van der Waals surface area contributed by atoms with Crippen molar-refractivity contribution < 1.29 is 9.13 Å². The number of hydrogen-bond acceptors (Lipinski definition) is 4. The Morgan fingerprint density at radius 2 is 2.11 bits per heavy atom. The van der Waals surface area contributed by atoms with Crippen LogP contribution in [0.25, 0.3) is 0 Å². The van der Waals surface area contributed by atoms with E-state index in [-0.39, 0.29) is 11.6 Å². The van der Waals surface area contributed by atoms with E-state index in [0.29, 0.717) is 17.4 Å². The Bertz CT molecular complexity index is 557. The molecule has 1 heterocycles. The minimum absolute atomic E-state index is 0.122. The second-order valence-corrected chi connectivity index (χ2v) is 4.12. The molecule has 2 aromatic rings. The van der Waals surface area contributed by atoms with Gasteiger partial charge in [0.2, 0.25) is 0 Å². The van der Waals surface area contributed by atoms with Gasteiger partial charge in [0.15, 0.2) is 5.82 Å². The summed E-state index contributed by atoms with van der Waals surface area (Å²) in [6.07, 6.45) is 0. The summed E-state index contributed by atoms with van der Waals surface area (Å²) in [6, 6.07) is 5.57. The lowest BCUT2D eigenvalue weighted by atomic mass is 10.3. The molecule has 0 radical (unpaired) electrons. The van der Waals surface area contributed by atoms with Crippen molar-refractivity contribution in [3.8, 4) is 5.75 Å². The summed E-state index contributed by atoms with van der Waals surface area (Å²) in [5.74, 6) is 0.796. The Morgan fingerprint density at radius 3 is 2.78 bits per heavy atom. The minimum atomic E-state index is -0.414. The van der Waals surface area contributed by atoms with Crippen LogP contribution in [-0.2, 0) is 6.61 Å². The molecule has 94 valence electrons. The second kappa shape index (κ2) is 5.18. The van der Waals surface area contributed by atoms with Crippen LogP contribution in [-0.4, -0.2) is 9.97 Å². The van der Waals surface area contributed by atoms with Crippen LogP contribution in [0.5, 0.6) is 5.75 Å². The number of nitrogen functional groups attached to an aromatic ring is 1. The molecule has 4 nitrogen and oxygen atoms in total. The topological polar surface area (TPSA) is 61.0 Å². The molecular formula is C12H11ClFN3O. The van der Waals surface area contributed by atoms with E-state index in [9.17, 15) is 4.39 Å². The van der Waals surface area contributed by atoms with Crippen LogP contribution in [0.4, 0.5) is 10.2 Å². The lowest BCUT2D eigenvalue weighted by Gasteiger charge is -2.08. The molecule has 6 heteroatoms. The highest BCUT2D eigenvalue weighted by atomic mass is 35.5. The quantitative estimate of drug-likeness (QED) is 0.929.